The van der Waals surface area contributed by atoms with Crippen molar-refractivity contribution in [3.05, 3.63) is 5.82 Å². The van der Waals surface area contributed by atoms with Crippen LogP contribution in [0.5, 0.6) is 0 Å². The van der Waals surface area contributed by atoms with E-state index in [9.17, 15) is 4.79 Å². The van der Waals surface area contributed by atoms with Gasteiger partial charge in [0.25, 0.3) is 0 Å². The molecule has 7 rings (SSSR count). The Balaban J connectivity index is 1.09. The minimum atomic E-state index is 0.173. The van der Waals surface area contributed by atoms with Gasteiger partial charge in [-0.05, 0) is 94.3 Å². The summed E-state index contributed by atoms with van der Waals surface area (Å²) in [4.78, 5) is 12.8. The normalized spacial score (nSPS) is 37.2. The lowest BCUT2D eigenvalue weighted by atomic mass is 9.48. The van der Waals surface area contributed by atoms with Crippen molar-refractivity contribution < 1.29 is 4.79 Å². The number of hydrogen-bond donors (Lipinski definition) is 1. The molecule has 1 atom stereocenters. The molecule has 5 nitrogen and oxygen atoms in total. The Bertz CT molecular complexity index is 746. The maximum atomic E-state index is 12.8. The molecule has 0 aliphatic heterocycles. The maximum Gasteiger partial charge on any atom is 0.230 e. The zero-order valence-electron chi connectivity index (χ0n) is 16.9. The van der Waals surface area contributed by atoms with Crippen molar-refractivity contribution in [1.29, 1.82) is 0 Å². The molecule has 0 unspecified atom stereocenters. The molecule has 28 heavy (non-hydrogen) atoms. The smallest absolute Gasteiger partial charge is 0.230 e. The molecule has 6 fully saturated rings. The number of aromatic nitrogens is 3. The van der Waals surface area contributed by atoms with Crippen LogP contribution in [0.3, 0.4) is 0 Å². The lowest BCUT2D eigenvalue weighted by molar-refractivity contribution is -0.123. The van der Waals surface area contributed by atoms with Gasteiger partial charge >= 0.3 is 0 Å². The number of carbonyl (C=O) groups excluding carboxylic acids is 1. The van der Waals surface area contributed by atoms with E-state index in [1.807, 2.05) is 0 Å². The van der Waals surface area contributed by atoms with Gasteiger partial charge in [-0.1, -0.05) is 11.8 Å². The van der Waals surface area contributed by atoms with Gasteiger partial charge in [0, 0.05) is 18.0 Å². The summed E-state index contributed by atoms with van der Waals surface area (Å²) >= 11 is 1.59. The van der Waals surface area contributed by atoms with Crippen LogP contribution in [0, 0.1) is 23.2 Å². The molecule has 6 heteroatoms. The molecule has 0 spiro atoms. The molecule has 152 valence electrons. The zero-order valence-corrected chi connectivity index (χ0v) is 17.7. The largest absolute Gasteiger partial charge is 0.352 e. The molecule has 0 radical (unpaired) electrons. The second-order valence-electron chi connectivity index (χ2n) is 10.6. The number of carbonyl (C=O) groups is 1. The molecule has 0 saturated heterocycles. The van der Waals surface area contributed by atoms with Crippen LogP contribution in [-0.2, 0) is 4.79 Å². The second-order valence-corrected chi connectivity index (χ2v) is 11.5. The number of amides is 1. The van der Waals surface area contributed by atoms with E-state index in [-0.39, 0.29) is 5.91 Å². The maximum absolute atomic E-state index is 12.8. The topological polar surface area (TPSA) is 59.8 Å². The molecular weight excluding hydrogens is 368 g/mol. The zero-order chi connectivity index (χ0) is 18.9. The lowest BCUT2D eigenvalue weighted by Crippen LogP contribution is -2.56. The van der Waals surface area contributed by atoms with E-state index < -0.39 is 0 Å². The number of hydrogen-bond acceptors (Lipinski definition) is 4. The highest BCUT2D eigenvalue weighted by Gasteiger charge is 2.53. The van der Waals surface area contributed by atoms with Gasteiger partial charge < -0.3 is 9.88 Å². The summed E-state index contributed by atoms with van der Waals surface area (Å²) in [5.41, 5.74) is 0.377. The van der Waals surface area contributed by atoms with Crippen molar-refractivity contribution in [2.24, 2.45) is 23.2 Å². The van der Waals surface area contributed by atoms with Gasteiger partial charge in [0.15, 0.2) is 5.16 Å². The first-order valence-electron chi connectivity index (χ1n) is 11.5. The highest BCUT2D eigenvalue weighted by molar-refractivity contribution is 7.99. The van der Waals surface area contributed by atoms with Crippen molar-refractivity contribution in [3.8, 4) is 0 Å². The highest BCUT2D eigenvalue weighted by Crippen LogP contribution is 2.61. The summed E-state index contributed by atoms with van der Waals surface area (Å²) in [5, 5.41) is 13.3. The van der Waals surface area contributed by atoms with Gasteiger partial charge in [-0.3, -0.25) is 4.79 Å². The Kier molecular flexibility index (Phi) is 4.12. The molecule has 6 aliphatic rings. The standard InChI is InChI=1S/C22H32N4OS/c1-13(22-9-14-6-15(10-22)8-16(7-14)11-22)23-19(27)12-28-21-25-24-20(17-2-3-17)26(21)18-4-5-18/h13-18H,2-12H2,1H3,(H,23,27)/t13-,14?,15?,16?,22?/m0/s1. The Morgan fingerprint density at radius 1 is 1.11 bits per heavy atom. The van der Waals surface area contributed by atoms with Crippen LogP contribution >= 0.6 is 11.8 Å². The monoisotopic (exact) mass is 400 g/mol. The molecule has 1 N–H and O–H groups in total. The third kappa shape index (κ3) is 3.10. The first-order valence-corrected chi connectivity index (χ1v) is 12.4. The summed E-state index contributed by atoms with van der Waals surface area (Å²) in [7, 11) is 0. The molecule has 0 aromatic carbocycles. The molecule has 4 bridgehead atoms. The van der Waals surface area contributed by atoms with Crippen LogP contribution in [0.2, 0.25) is 0 Å². The fraction of sp³-hybridized carbons (Fsp3) is 0.864. The second kappa shape index (κ2) is 6.48. The third-order valence-corrected chi connectivity index (χ3v) is 9.20. The van der Waals surface area contributed by atoms with Crippen molar-refractivity contribution in [3.63, 3.8) is 0 Å². The Labute approximate surface area is 171 Å². The van der Waals surface area contributed by atoms with Crippen molar-refractivity contribution in [2.45, 2.75) is 94.3 Å². The highest BCUT2D eigenvalue weighted by atomic mass is 32.2. The van der Waals surface area contributed by atoms with E-state index in [0.29, 0.717) is 29.2 Å². The molecule has 6 aliphatic carbocycles. The lowest BCUT2D eigenvalue weighted by Gasteiger charge is -2.59. The first kappa shape index (κ1) is 17.8. The van der Waals surface area contributed by atoms with Crippen molar-refractivity contribution in [1.82, 2.24) is 20.1 Å². The van der Waals surface area contributed by atoms with Gasteiger partial charge in [0.2, 0.25) is 5.91 Å². The minimum Gasteiger partial charge on any atom is -0.352 e. The number of nitrogens with one attached hydrogen (secondary N) is 1. The van der Waals surface area contributed by atoms with Crippen LogP contribution in [0.1, 0.15) is 88.9 Å². The predicted octanol–water partition coefficient (Wildman–Crippen LogP) is 4.30. The summed E-state index contributed by atoms with van der Waals surface area (Å²) < 4.78 is 2.35. The quantitative estimate of drug-likeness (QED) is 0.693. The van der Waals surface area contributed by atoms with E-state index in [0.717, 1.165) is 22.9 Å². The van der Waals surface area contributed by atoms with E-state index in [2.05, 4.69) is 27.0 Å². The number of nitrogens with zero attached hydrogens (tertiary/aromatic N) is 3. The Morgan fingerprint density at radius 3 is 2.32 bits per heavy atom. The summed E-state index contributed by atoms with van der Waals surface area (Å²) in [6.45, 7) is 2.27. The van der Waals surface area contributed by atoms with Crippen LogP contribution in [0.25, 0.3) is 0 Å². The van der Waals surface area contributed by atoms with Gasteiger partial charge in [0.1, 0.15) is 5.82 Å². The van der Waals surface area contributed by atoms with Crippen molar-refractivity contribution in [2.75, 3.05) is 5.75 Å². The van der Waals surface area contributed by atoms with Crippen LogP contribution in [0.15, 0.2) is 5.16 Å². The van der Waals surface area contributed by atoms with E-state index in [1.54, 1.807) is 11.8 Å². The van der Waals surface area contributed by atoms with Gasteiger partial charge in [-0.25, -0.2) is 0 Å². The SMILES string of the molecule is C[C@H](NC(=O)CSc1nnc(C2CC2)n1C1CC1)C12CC3CC(CC(C3)C1)C2. The molecule has 1 aromatic rings. The minimum absolute atomic E-state index is 0.173. The van der Waals surface area contributed by atoms with E-state index >= 15 is 0 Å². The fourth-order valence-corrected chi connectivity index (χ4v) is 7.78. The predicted molar refractivity (Wildman–Crippen MR) is 109 cm³/mol. The molecular formula is C22H32N4OS. The van der Waals surface area contributed by atoms with Crippen LogP contribution < -0.4 is 5.32 Å². The average Bonchev–Trinajstić information content (AvgIpc) is 3.57. The molecule has 1 heterocycles. The Morgan fingerprint density at radius 2 is 1.75 bits per heavy atom. The van der Waals surface area contributed by atoms with Gasteiger partial charge in [-0.2, -0.15) is 0 Å². The Hall–Kier alpha value is -1.04. The third-order valence-electron chi connectivity index (χ3n) is 8.26. The van der Waals surface area contributed by atoms with E-state index in [4.69, 9.17) is 0 Å². The summed E-state index contributed by atoms with van der Waals surface area (Å²) in [6.07, 6.45) is 13.4. The summed E-state index contributed by atoms with van der Waals surface area (Å²) in [5.74, 6) is 5.21. The van der Waals surface area contributed by atoms with Gasteiger partial charge in [-0.15, -0.1) is 10.2 Å². The van der Waals surface area contributed by atoms with E-state index in [1.165, 1.54) is 70.0 Å². The van der Waals surface area contributed by atoms with Crippen LogP contribution in [0.4, 0.5) is 0 Å². The average molecular weight is 401 g/mol. The van der Waals surface area contributed by atoms with Gasteiger partial charge in [0.05, 0.1) is 5.75 Å². The number of thioether (sulfide) groups is 1. The summed E-state index contributed by atoms with van der Waals surface area (Å²) in [6, 6.07) is 0.888. The number of rotatable bonds is 7. The fourth-order valence-electron chi connectivity index (χ4n) is 6.96. The van der Waals surface area contributed by atoms with Crippen molar-refractivity contribution >= 4 is 17.7 Å². The molecule has 6 saturated carbocycles. The molecule has 1 amide bonds. The first-order chi connectivity index (χ1) is 13.6. The van der Waals surface area contributed by atoms with Crippen LogP contribution in [-0.4, -0.2) is 32.5 Å². The molecule has 1 aromatic heterocycles.